The summed E-state index contributed by atoms with van der Waals surface area (Å²) in [4.78, 5) is 0. The molecular formula is C12H24OSi. The third-order valence-electron chi connectivity index (χ3n) is 2.89. The van der Waals surface area contributed by atoms with E-state index >= 15 is 0 Å². The summed E-state index contributed by atoms with van der Waals surface area (Å²) in [6.07, 6.45) is 0. The normalized spacial score (nSPS) is 14.5. The van der Waals surface area contributed by atoms with Gasteiger partial charge >= 0.3 is 0 Å². The molecule has 1 atom stereocenters. The highest BCUT2D eigenvalue weighted by atomic mass is 28.4. The molecule has 0 aliphatic heterocycles. The minimum Gasteiger partial charge on any atom is -0.416 e. The van der Waals surface area contributed by atoms with Gasteiger partial charge in [0.15, 0.2) is 8.32 Å². The molecule has 0 saturated heterocycles. The quantitative estimate of drug-likeness (QED) is 0.512. The molecule has 82 valence electrons. The highest BCUT2D eigenvalue weighted by molar-refractivity contribution is 6.74. The molecule has 0 bridgehead atoms. The lowest BCUT2D eigenvalue weighted by Crippen LogP contribution is -2.41. The van der Waals surface area contributed by atoms with E-state index in [1.807, 2.05) is 6.92 Å². The first-order valence-electron chi connectivity index (χ1n) is 5.27. The van der Waals surface area contributed by atoms with E-state index in [2.05, 4.69) is 52.6 Å². The Kier molecular flexibility index (Phi) is 4.90. The van der Waals surface area contributed by atoms with Gasteiger partial charge in [0.1, 0.15) is 0 Å². The van der Waals surface area contributed by atoms with Gasteiger partial charge in [-0.1, -0.05) is 26.7 Å². The van der Waals surface area contributed by atoms with Crippen LogP contribution >= 0.6 is 0 Å². The van der Waals surface area contributed by atoms with Crippen molar-refractivity contribution in [1.82, 2.24) is 0 Å². The van der Waals surface area contributed by atoms with Crippen LogP contribution in [-0.2, 0) is 4.43 Å². The highest BCUT2D eigenvalue weighted by Gasteiger charge is 2.37. The molecule has 0 N–H and O–H groups in total. The van der Waals surface area contributed by atoms with E-state index in [1.54, 1.807) is 0 Å². The van der Waals surface area contributed by atoms with Crippen molar-refractivity contribution in [3.63, 3.8) is 0 Å². The Hall–Kier alpha value is -0.263. The van der Waals surface area contributed by atoms with E-state index < -0.39 is 8.32 Å². The van der Waals surface area contributed by atoms with Crippen molar-refractivity contribution in [2.24, 2.45) is 5.92 Å². The minimum atomic E-state index is -1.56. The maximum Gasteiger partial charge on any atom is 0.192 e. The van der Waals surface area contributed by atoms with Gasteiger partial charge in [-0.15, -0.1) is 5.92 Å². The van der Waals surface area contributed by atoms with Crippen molar-refractivity contribution in [3.05, 3.63) is 0 Å². The summed E-state index contributed by atoms with van der Waals surface area (Å²) < 4.78 is 6.04. The monoisotopic (exact) mass is 212 g/mol. The van der Waals surface area contributed by atoms with Crippen molar-refractivity contribution in [2.75, 3.05) is 6.61 Å². The molecule has 0 radical (unpaired) electrons. The second-order valence-electron chi connectivity index (χ2n) is 5.37. The predicted molar refractivity (Wildman–Crippen MR) is 65.8 cm³/mol. The first-order valence-corrected chi connectivity index (χ1v) is 8.18. The summed E-state index contributed by atoms with van der Waals surface area (Å²) in [5, 5.41) is 0.298. The lowest BCUT2D eigenvalue weighted by atomic mass is 10.2. The zero-order valence-electron chi connectivity index (χ0n) is 10.7. The van der Waals surface area contributed by atoms with Crippen molar-refractivity contribution < 1.29 is 4.43 Å². The van der Waals surface area contributed by atoms with Crippen molar-refractivity contribution in [2.45, 2.75) is 52.8 Å². The number of rotatable bonds is 3. The molecule has 0 aromatic carbocycles. The van der Waals surface area contributed by atoms with Crippen LogP contribution in [0.2, 0.25) is 18.1 Å². The Labute approximate surface area is 90.4 Å². The molecule has 0 amide bonds. The molecule has 0 aromatic heterocycles. The van der Waals surface area contributed by atoms with Crippen LogP contribution < -0.4 is 0 Å². The summed E-state index contributed by atoms with van der Waals surface area (Å²) in [7, 11) is -1.56. The minimum absolute atomic E-state index is 0.298. The average Bonchev–Trinajstić information content (AvgIpc) is 1.99. The molecule has 0 heterocycles. The zero-order valence-corrected chi connectivity index (χ0v) is 11.7. The lowest BCUT2D eigenvalue weighted by Gasteiger charge is -2.36. The van der Waals surface area contributed by atoms with E-state index in [1.165, 1.54) is 0 Å². The van der Waals surface area contributed by atoms with Gasteiger partial charge in [0.25, 0.3) is 0 Å². The maximum atomic E-state index is 6.04. The molecular weight excluding hydrogens is 188 g/mol. The Morgan fingerprint density at radius 2 is 1.79 bits per heavy atom. The van der Waals surface area contributed by atoms with Crippen LogP contribution in [-0.4, -0.2) is 14.9 Å². The van der Waals surface area contributed by atoms with Gasteiger partial charge in [0.2, 0.25) is 0 Å². The van der Waals surface area contributed by atoms with Crippen LogP contribution in [0, 0.1) is 17.8 Å². The van der Waals surface area contributed by atoms with E-state index in [0.29, 0.717) is 11.0 Å². The Morgan fingerprint density at radius 3 is 2.14 bits per heavy atom. The summed E-state index contributed by atoms with van der Waals surface area (Å²) in [6, 6.07) is 0. The molecule has 14 heavy (non-hydrogen) atoms. The molecule has 0 aliphatic rings. The molecule has 0 spiro atoms. The fourth-order valence-electron chi connectivity index (χ4n) is 0.838. The molecule has 1 nitrogen and oxygen atoms in total. The van der Waals surface area contributed by atoms with Gasteiger partial charge in [-0.25, -0.2) is 0 Å². The SMILES string of the molecule is CC#C[C@@H](C)CO[Si](C)(C)C(C)(C)C. The Balaban J connectivity index is 4.17. The molecule has 0 aliphatic carbocycles. The van der Waals surface area contributed by atoms with Gasteiger partial charge in [-0.05, 0) is 32.0 Å². The topological polar surface area (TPSA) is 9.23 Å². The van der Waals surface area contributed by atoms with Crippen molar-refractivity contribution in [3.8, 4) is 11.8 Å². The smallest absolute Gasteiger partial charge is 0.192 e. The van der Waals surface area contributed by atoms with E-state index in [0.717, 1.165) is 6.61 Å². The first kappa shape index (κ1) is 13.7. The Morgan fingerprint density at radius 1 is 1.29 bits per heavy atom. The van der Waals surface area contributed by atoms with Crippen LogP contribution in [0.3, 0.4) is 0 Å². The summed E-state index contributed by atoms with van der Waals surface area (Å²) in [5.74, 6) is 6.40. The fourth-order valence-corrected chi connectivity index (χ4v) is 1.94. The maximum absolute atomic E-state index is 6.04. The Bertz CT molecular complexity index is 227. The molecule has 0 aromatic rings. The summed E-state index contributed by atoms with van der Waals surface area (Å²) in [5.41, 5.74) is 0. The molecule has 0 saturated carbocycles. The molecule has 2 heteroatoms. The predicted octanol–water partition coefficient (Wildman–Crippen LogP) is 3.67. The number of hydrogen-bond acceptors (Lipinski definition) is 1. The molecule has 0 fully saturated rings. The second kappa shape index (κ2) is 5.00. The third-order valence-corrected chi connectivity index (χ3v) is 7.39. The lowest BCUT2D eigenvalue weighted by molar-refractivity contribution is 0.263. The van der Waals surface area contributed by atoms with Gasteiger partial charge < -0.3 is 4.43 Å². The van der Waals surface area contributed by atoms with Gasteiger partial charge in [0.05, 0.1) is 0 Å². The second-order valence-corrected chi connectivity index (χ2v) is 10.2. The van der Waals surface area contributed by atoms with Crippen LogP contribution in [0.5, 0.6) is 0 Å². The highest BCUT2D eigenvalue weighted by Crippen LogP contribution is 2.36. The molecule has 0 unspecified atom stereocenters. The summed E-state index contributed by atoms with van der Waals surface area (Å²) >= 11 is 0. The van der Waals surface area contributed by atoms with Crippen molar-refractivity contribution in [1.29, 1.82) is 0 Å². The largest absolute Gasteiger partial charge is 0.416 e. The average molecular weight is 212 g/mol. The van der Waals surface area contributed by atoms with E-state index in [4.69, 9.17) is 4.43 Å². The third kappa shape index (κ3) is 4.30. The van der Waals surface area contributed by atoms with Gasteiger partial charge in [0, 0.05) is 12.5 Å². The number of hydrogen-bond donors (Lipinski definition) is 0. The summed E-state index contributed by atoms with van der Waals surface area (Å²) in [6.45, 7) is 16.1. The van der Waals surface area contributed by atoms with Crippen LogP contribution in [0.1, 0.15) is 34.6 Å². The fraction of sp³-hybridized carbons (Fsp3) is 0.833. The first-order chi connectivity index (χ1) is 6.20. The zero-order chi connectivity index (χ0) is 11.4. The van der Waals surface area contributed by atoms with Crippen LogP contribution in [0.4, 0.5) is 0 Å². The standard InChI is InChI=1S/C12H24OSi/c1-8-9-11(2)10-13-14(6,7)12(3,4)5/h11H,10H2,1-7H3/t11-/m1/s1. The van der Waals surface area contributed by atoms with Gasteiger partial charge in [-0.2, -0.15) is 0 Å². The van der Waals surface area contributed by atoms with Gasteiger partial charge in [-0.3, -0.25) is 0 Å². The van der Waals surface area contributed by atoms with Crippen LogP contribution in [0.15, 0.2) is 0 Å². The van der Waals surface area contributed by atoms with E-state index in [-0.39, 0.29) is 0 Å². The van der Waals surface area contributed by atoms with E-state index in [9.17, 15) is 0 Å². The van der Waals surface area contributed by atoms with Crippen molar-refractivity contribution >= 4 is 8.32 Å². The molecule has 0 rings (SSSR count). The van der Waals surface area contributed by atoms with Crippen LogP contribution in [0.25, 0.3) is 0 Å².